The lowest BCUT2D eigenvalue weighted by molar-refractivity contribution is 0.0527. The van der Waals surface area contributed by atoms with Crippen molar-refractivity contribution in [2.24, 2.45) is 0 Å². The number of nitrogens with one attached hydrogen (secondary N) is 1. The van der Waals surface area contributed by atoms with Gasteiger partial charge in [-0.2, -0.15) is 0 Å². The first-order valence-electron chi connectivity index (χ1n) is 6.19. The fourth-order valence-electron chi connectivity index (χ4n) is 1.49. The molecule has 5 heteroatoms. The summed E-state index contributed by atoms with van der Waals surface area (Å²) in [5, 5.41) is 2.61. The molecule has 0 aromatic heterocycles. The molecule has 0 saturated carbocycles. The number of aryl methyl sites for hydroxylation is 1. The predicted molar refractivity (Wildman–Crippen MR) is 68.9 cm³/mol. The Morgan fingerprint density at radius 1 is 1.26 bits per heavy atom. The third-order valence-electron chi connectivity index (χ3n) is 2.29. The van der Waals surface area contributed by atoms with Crippen molar-refractivity contribution in [3.05, 3.63) is 35.4 Å². The summed E-state index contributed by atoms with van der Waals surface area (Å²) in [6, 6.07) is 3.81. The summed E-state index contributed by atoms with van der Waals surface area (Å²) in [6.45, 7) is 5.78. The number of amides is 1. The zero-order chi connectivity index (χ0) is 14.5. The Balaban J connectivity index is 2.27. The number of halogens is 2. The van der Waals surface area contributed by atoms with Gasteiger partial charge in [0.1, 0.15) is 5.60 Å². The highest BCUT2D eigenvalue weighted by Gasteiger charge is 2.15. The fraction of sp³-hybridized carbons (Fsp3) is 0.500. The molecule has 0 atom stereocenters. The van der Waals surface area contributed by atoms with Gasteiger partial charge in [0.15, 0.2) is 11.6 Å². The van der Waals surface area contributed by atoms with Crippen LogP contribution in [0.2, 0.25) is 0 Å². The van der Waals surface area contributed by atoms with E-state index >= 15 is 0 Å². The summed E-state index contributed by atoms with van der Waals surface area (Å²) in [5.41, 5.74) is 0.175. The van der Waals surface area contributed by atoms with E-state index < -0.39 is 23.3 Å². The van der Waals surface area contributed by atoms with Gasteiger partial charge in [-0.15, -0.1) is 0 Å². The molecule has 0 aliphatic rings. The maximum absolute atomic E-state index is 12.9. The Morgan fingerprint density at radius 3 is 2.53 bits per heavy atom. The van der Waals surface area contributed by atoms with Crippen LogP contribution in [0.4, 0.5) is 13.6 Å². The van der Waals surface area contributed by atoms with E-state index in [1.54, 1.807) is 20.8 Å². The maximum Gasteiger partial charge on any atom is 0.407 e. The molecule has 3 nitrogen and oxygen atoms in total. The first kappa shape index (κ1) is 15.4. The third-order valence-corrected chi connectivity index (χ3v) is 2.29. The van der Waals surface area contributed by atoms with Gasteiger partial charge in [-0.3, -0.25) is 0 Å². The molecule has 0 aliphatic heterocycles. The van der Waals surface area contributed by atoms with Gasteiger partial charge in [-0.25, -0.2) is 13.6 Å². The number of carbonyl (C=O) groups is 1. The van der Waals surface area contributed by atoms with Crippen LogP contribution < -0.4 is 5.32 Å². The Morgan fingerprint density at radius 2 is 1.95 bits per heavy atom. The van der Waals surface area contributed by atoms with Crippen LogP contribution in [0.3, 0.4) is 0 Å². The van der Waals surface area contributed by atoms with Crippen LogP contribution in [0.5, 0.6) is 0 Å². The van der Waals surface area contributed by atoms with E-state index in [9.17, 15) is 13.6 Å². The summed E-state index contributed by atoms with van der Waals surface area (Å²) in [6.07, 6.45) is 0.718. The first-order chi connectivity index (χ1) is 8.78. The molecule has 106 valence electrons. The highest BCUT2D eigenvalue weighted by atomic mass is 19.2. The standard InChI is InChI=1S/C14H19F2NO2/c1-14(2,3)19-13(18)17-8-4-5-10-6-7-11(15)12(16)9-10/h6-7,9H,4-5,8H2,1-3H3,(H,17,18). The second kappa shape index (κ2) is 6.50. The van der Waals surface area contributed by atoms with Crippen LogP contribution >= 0.6 is 0 Å². The fourth-order valence-corrected chi connectivity index (χ4v) is 1.49. The number of carbonyl (C=O) groups excluding carboxylic acids is 1. The van der Waals surface area contributed by atoms with E-state index in [-0.39, 0.29) is 0 Å². The number of rotatable bonds is 4. The third kappa shape index (κ3) is 6.18. The molecule has 1 rings (SSSR count). The topological polar surface area (TPSA) is 38.3 Å². The number of alkyl carbamates (subject to hydrolysis) is 1. The van der Waals surface area contributed by atoms with Crippen molar-refractivity contribution in [2.75, 3.05) is 6.54 Å². The lowest BCUT2D eigenvalue weighted by atomic mass is 10.1. The van der Waals surface area contributed by atoms with Crippen LogP contribution in [0.25, 0.3) is 0 Å². The monoisotopic (exact) mass is 271 g/mol. The summed E-state index contributed by atoms with van der Waals surface area (Å²) < 4.78 is 30.7. The van der Waals surface area contributed by atoms with Crippen molar-refractivity contribution in [3.8, 4) is 0 Å². The molecule has 0 aliphatic carbocycles. The van der Waals surface area contributed by atoms with Crippen LogP contribution in [0, 0.1) is 11.6 Å². The second-order valence-corrected chi connectivity index (χ2v) is 5.28. The molecule has 0 radical (unpaired) electrons. The number of benzene rings is 1. The van der Waals surface area contributed by atoms with Gasteiger partial charge in [0, 0.05) is 6.54 Å². The van der Waals surface area contributed by atoms with Crippen molar-refractivity contribution in [3.63, 3.8) is 0 Å². The Kier molecular flexibility index (Phi) is 5.27. The SMILES string of the molecule is CC(C)(C)OC(=O)NCCCc1ccc(F)c(F)c1. The second-order valence-electron chi connectivity index (χ2n) is 5.28. The minimum atomic E-state index is -0.851. The molecule has 1 amide bonds. The highest BCUT2D eigenvalue weighted by Crippen LogP contribution is 2.10. The van der Waals surface area contributed by atoms with E-state index in [1.807, 2.05) is 0 Å². The van der Waals surface area contributed by atoms with Gasteiger partial charge in [-0.05, 0) is 51.3 Å². The van der Waals surface area contributed by atoms with Gasteiger partial charge < -0.3 is 10.1 Å². The van der Waals surface area contributed by atoms with E-state index in [4.69, 9.17) is 4.74 Å². The number of hydrogen-bond donors (Lipinski definition) is 1. The van der Waals surface area contributed by atoms with Gasteiger partial charge >= 0.3 is 6.09 Å². The maximum atomic E-state index is 12.9. The summed E-state index contributed by atoms with van der Waals surface area (Å²) in [5.74, 6) is -1.70. The molecule has 1 N–H and O–H groups in total. The lowest BCUT2D eigenvalue weighted by Gasteiger charge is -2.19. The minimum Gasteiger partial charge on any atom is -0.444 e. The Hall–Kier alpha value is -1.65. The average molecular weight is 271 g/mol. The molecule has 1 aromatic carbocycles. The number of ether oxygens (including phenoxy) is 1. The van der Waals surface area contributed by atoms with Crippen LogP contribution in [0.15, 0.2) is 18.2 Å². The first-order valence-corrected chi connectivity index (χ1v) is 6.19. The van der Waals surface area contributed by atoms with Crippen molar-refractivity contribution < 1.29 is 18.3 Å². The predicted octanol–water partition coefficient (Wildman–Crippen LogP) is 3.42. The van der Waals surface area contributed by atoms with Crippen LogP contribution in [-0.4, -0.2) is 18.2 Å². The minimum absolute atomic E-state index is 0.425. The summed E-state index contributed by atoms with van der Waals surface area (Å²) >= 11 is 0. The number of hydrogen-bond acceptors (Lipinski definition) is 2. The van der Waals surface area contributed by atoms with Crippen molar-refractivity contribution >= 4 is 6.09 Å². The normalized spacial score (nSPS) is 11.2. The van der Waals surface area contributed by atoms with E-state index in [0.29, 0.717) is 24.9 Å². The molecule has 19 heavy (non-hydrogen) atoms. The molecular formula is C14H19F2NO2. The average Bonchev–Trinajstić information content (AvgIpc) is 2.27. The molecule has 0 spiro atoms. The molecule has 0 heterocycles. The lowest BCUT2D eigenvalue weighted by Crippen LogP contribution is -2.33. The summed E-state index contributed by atoms with van der Waals surface area (Å²) in [4.78, 5) is 11.3. The quantitative estimate of drug-likeness (QED) is 0.852. The van der Waals surface area contributed by atoms with Crippen molar-refractivity contribution in [1.29, 1.82) is 0 Å². The van der Waals surface area contributed by atoms with E-state index in [0.717, 1.165) is 6.07 Å². The Labute approximate surface area is 112 Å². The zero-order valence-electron chi connectivity index (χ0n) is 11.4. The van der Waals surface area contributed by atoms with Gasteiger partial charge in [0.25, 0.3) is 0 Å². The smallest absolute Gasteiger partial charge is 0.407 e. The van der Waals surface area contributed by atoms with Crippen molar-refractivity contribution in [1.82, 2.24) is 5.32 Å². The van der Waals surface area contributed by atoms with Crippen LogP contribution in [-0.2, 0) is 11.2 Å². The van der Waals surface area contributed by atoms with E-state index in [2.05, 4.69) is 5.32 Å². The molecule has 0 unspecified atom stereocenters. The van der Waals surface area contributed by atoms with E-state index in [1.165, 1.54) is 12.1 Å². The zero-order valence-corrected chi connectivity index (χ0v) is 11.4. The molecule has 0 bridgehead atoms. The molecular weight excluding hydrogens is 252 g/mol. The van der Waals surface area contributed by atoms with Crippen molar-refractivity contribution in [2.45, 2.75) is 39.2 Å². The summed E-state index contributed by atoms with van der Waals surface area (Å²) in [7, 11) is 0. The Bertz CT molecular complexity index is 442. The van der Waals surface area contributed by atoms with Gasteiger partial charge in [0.2, 0.25) is 0 Å². The largest absolute Gasteiger partial charge is 0.444 e. The van der Waals surface area contributed by atoms with Crippen LogP contribution in [0.1, 0.15) is 32.8 Å². The molecule has 1 aromatic rings. The molecule has 0 saturated heterocycles. The van der Waals surface area contributed by atoms with Gasteiger partial charge in [0.05, 0.1) is 0 Å². The highest BCUT2D eigenvalue weighted by molar-refractivity contribution is 5.67. The molecule has 0 fully saturated rings. The van der Waals surface area contributed by atoms with Gasteiger partial charge in [-0.1, -0.05) is 6.07 Å².